The maximum atomic E-state index is 9.33. The molecule has 0 saturated heterocycles. The van der Waals surface area contributed by atoms with Crippen molar-refractivity contribution in [2.24, 2.45) is 5.73 Å². The van der Waals surface area contributed by atoms with Gasteiger partial charge in [-0.3, -0.25) is 5.01 Å². The van der Waals surface area contributed by atoms with Crippen molar-refractivity contribution < 1.29 is 15.2 Å². The van der Waals surface area contributed by atoms with Crippen molar-refractivity contribution in [3.05, 3.63) is 23.8 Å². The highest BCUT2D eigenvalue weighted by Gasteiger charge is 2.05. The average molecular weight is 226 g/mol. The third-order valence-corrected chi connectivity index (χ3v) is 2.32. The highest BCUT2D eigenvalue weighted by molar-refractivity contribution is 5.40. The van der Waals surface area contributed by atoms with Crippen molar-refractivity contribution in [3.63, 3.8) is 0 Å². The summed E-state index contributed by atoms with van der Waals surface area (Å²) in [6.45, 7) is 2.28. The van der Waals surface area contributed by atoms with Crippen LogP contribution in [0.15, 0.2) is 18.2 Å². The number of quaternary nitrogens is 1. The normalized spacial score (nSPS) is 12.6. The van der Waals surface area contributed by atoms with E-state index in [1.165, 1.54) is 6.07 Å². The van der Waals surface area contributed by atoms with Crippen molar-refractivity contribution in [3.8, 4) is 11.5 Å². The van der Waals surface area contributed by atoms with Gasteiger partial charge >= 0.3 is 0 Å². The summed E-state index contributed by atoms with van der Waals surface area (Å²) in [5.74, 6) is -0.162. The first-order chi connectivity index (χ1) is 7.63. The highest BCUT2D eigenvalue weighted by atomic mass is 16.3. The zero-order chi connectivity index (χ0) is 12.0. The molecule has 0 bridgehead atoms. The molecular weight excluding hydrogens is 206 g/mol. The van der Waals surface area contributed by atoms with Crippen molar-refractivity contribution in [1.82, 2.24) is 5.43 Å². The van der Waals surface area contributed by atoms with E-state index in [0.717, 1.165) is 30.1 Å². The van der Waals surface area contributed by atoms with Crippen LogP contribution in [0.3, 0.4) is 0 Å². The molecule has 0 saturated carbocycles. The number of phenols is 2. The van der Waals surface area contributed by atoms with Crippen LogP contribution in [0.5, 0.6) is 11.5 Å². The molecule has 90 valence electrons. The van der Waals surface area contributed by atoms with E-state index in [9.17, 15) is 5.11 Å². The van der Waals surface area contributed by atoms with Gasteiger partial charge in [0, 0.05) is 12.1 Å². The van der Waals surface area contributed by atoms with Crippen LogP contribution >= 0.6 is 0 Å². The molecule has 6 N–H and O–H groups in total. The number of nitrogens with one attached hydrogen (secondary N) is 2. The number of phenolic OH excluding ortho intramolecular Hbond substituents is 2. The molecule has 0 aromatic heterocycles. The fourth-order valence-electron chi connectivity index (χ4n) is 1.45. The Labute approximate surface area is 95.5 Å². The lowest BCUT2D eigenvalue weighted by Gasteiger charge is -2.14. The minimum Gasteiger partial charge on any atom is -0.504 e. The summed E-state index contributed by atoms with van der Waals surface area (Å²) in [6, 6.07) is 4.87. The summed E-state index contributed by atoms with van der Waals surface area (Å²) in [6.07, 6.45) is 0.943. The molecule has 16 heavy (non-hydrogen) atoms. The molecule has 5 heteroatoms. The van der Waals surface area contributed by atoms with Crippen LogP contribution in [0.25, 0.3) is 0 Å². The molecule has 1 rings (SSSR count). The zero-order valence-electron chi connectivity index (χ0n) is 9.53. The second kappa shape index (κ2) is 6.32. The summed E-state index contributed by atoms with van der Waals surface area (Å²) in [4.78, 5) is 0. The second-order valence-corrected chi connectivity index (χ2v) is 3.85. The molecular formula is C11H20N3O2+. The monoisotopic (exact) mass is 226 g/mol. The molecule has 0 heterocycles. The number of benzene rings is 1. The highest BCUT2D eigenvalue weighted by Crippen LogP contribution is 2.24. The molecule has 0 spiro atoms. The summed E-state index contributed by atoms with van der Waals surface area (Å²) in [5.41, 5.74) is 9.62. The number of nitrogens with two attached hydrogens (primary N) is 1. The molecule has 0 radical (unpaired) electrons. The minimum absolute atomic E-state index is 0.0766. The van der Waals surface area contributed by atoms with Gasteiger partial charge in [-0.1, -0.05) is 0 Å². The lowest BCUT2D eigenvalue weighted by molar-refractivity contribution is -0.939. The molecule has 0 aliphatic rings. The van der Waals surface area contributed by atoms with E-state index in [-0.39, 0.29) is 11.5 Å². The summed E-state index contributed by atoms with van der Waals surface area (Å²) in [5, 5.41) is 19.6. The fourth-order valence-corrected chi connectivity index (χ4v) is 1.45. The third kappa shape index (κ3) is 4.06. The van der Waals surface area contributed by atoms with Crippen LogP contribution in [0, 0.1) is 0 Å². The first kappa shape index (κ1) is 12.8. The van der Waals surface area contributed by atoms with Crippen molar-refractivity contribution in [2.45, 2.75) is 13.0 Å². The van der Waals surface area contributed by atoms with Crippen LogP contribution < -0.4 is 16.2 Å². The van der Waals surface area contributed by atoms with Crippen LogP contribution in [0.4, 0.5) is 0 Å². The summed E-state index contributed by atoms with van der Waals surface area (Å²) in [7, 11) is 2.00. The maximum Gasteiger partial charge on any atom is 0.157 e. The van der Waals surface area contributed by atoms with E-state index in [1.54, 1.807) is 12.1 Å². The maximum absolute atomic E-state index is 9.33. The lowest BCUT2D eigenvalue weighted by Crippen LogP contribution is -3.14. The van der Waals surface area contributed by atoms with Crippen LogP contribution in [-0.2, 0) is 6.54 Å². The van der Waals surface area contributed by atoms with Gasteiger partial charge in [0.1, 0.15) is 6.54 Å². The quantitative estimate of drug-likeness (QED) is 0.244. The van der Waals surface area contributed by atoms with Gasteiger partial charge in [-0.25, -0.2) is 0 Å². The smallest absolute Gasteiger partial charge is 0.157 e. The minimum atomic E-state index is -0.0857. The topological polar surface area (TPSA) is 83.0 Å². The Morgan fingerprint density at radius 3 is 2.69 bits per heavy atom. The van der Waals surface area contributed by atoms with Gasteiger partial charge in [0.25, 0.3) is 0 Å². The van der Waals surface area contributed by atoms with Crippen LogP contribution in [-0.4, -0.2) is 30.4 Å². The van der Waals surface area contributed by atoms with Gasteiger partial charge in [0.05, 0.1) is 7.05 Å². The predicted octanol–water partition coefficient (Wildman–Crippen LogP) is -1.03. The molecule has 0 fully saturated rings. The number of rotatable bonds is 6. The Morgan fingerprint density at radius 1 is 1.31 bits per heavy atom. The van der Waals surface area contributed by atoms with E-state index in [4.69, 9.17) is 10.8 Å². The van der Waals surface area contributed by atoms with E-state index in [0.29, 0.717) is 6.54 Å². The van der Waals surface area contributed by atoms with Gasteiger partial charge in [-0.05, 0) is 31.2 Å². The van der Waals surface area contributed by atoms with E-state index >= 15 is 0 Å². The van der Waals surface area contributed by atoms with Crippen molar-refractivity contribution >= 4 is 0 Å². The Kier molecular flexibility index (Phi) is 5.04. The molecule has 1 unspecified atom stereocenters. The molecule has 0 aliphatic carbocycles. The number of hydrogen-bond acceptors (Lipinski definition) is 4. The van der Waals surface area contributed by atoms with Gasteiger partial charge in [0.2, 0.25) is 0 Å². The first-order valence-electron chi connectivity index (χ1n) is 5.40. The Balaban J connectivity index is 2.43. The number of hydrogen-bond donors (Lipinski definition) is 5. The molecule has 1 atom stereocenters. The van der Waals surface area contributed by atoms with E-state index < -0.39 is 0 Å². The SMILES string of the molecule is C[NH+](Cc1ccc(O)c(O)c1)NCCCN. The van der Waals surface area contributed by atoms with Crippen LogP contribution in [0.2, 0.25) is 0 Å². The lowest BCUT2D eigenvalue weighted by atomic mass is 10.2. The zero-order valence-corrected chi connectivity index (χ0v) is 9.53. The van der Waals surface area contributed by atoms with Crippen molar-refractivity contribution in [2.75, 3.05) is 20.1 Å². The fraction of sp³-hybridized carbons (Fsp3) is 0.455. The Morgan fingerprint density at radius 2 is 2.06 bits per heavy atom. The standard InChI is InChI=1S/C11H19N3O2/c1-14(13-6-2-5-12)8-9-3-4-10(15)11(16)7-9/h3-4,7,13,15-16H,2,5-6,8,12H2,1H3/p+1. The molecule has 5 nitrogen and oxygen atoms in total. The average Bonchev–Trinajstić information content (AvgIpc) is 2.24. The van der Waals surface area contributed by atoms with Gasteiger partial charge in [-0.2, -0.15) is 5.43 Å². The molecule has 0 amide bonds. The summed E-state index contributed by atoms with van der Waals surface area (Å²) >= 11 is 0. The van der Waals surface area contributed by atoms with E-state index in [1.807, 2.05) is 7.05 Å². The van der Waals surface area contributed by atoms with Gasteiger partial charge in [0.15, 0.2) is 11.5 Å². The summed E-state index contributed by atoms with van der Waals surface area (Å²) < 4.78 is 0. The van der Waals surface area contributed by atoms with Crippen LogP contribution in [0.1, 0.15) is 12.0 Å². The Hall–Kier alpha value is -1.30. The first-order valence-corrected chi connectivity index (χ1v) is 5.40. The van der Waals surface area contributed by atoms with E-state index in [2.05, 4.69) is 5.43 Å². The van der Waals surface area contributed by atoms with Gasteiger partial charge in [-0.15, -0.1) is 0 Å². The van der Waals surface area contributed by atoms with Gasteiger partial charge < -0.3 is 15.9 Å². The molecule has 1 aromatic rings. The molecule has 1 aromatic carbocycles. The largest absolute Gasteiger partial charge is 0.504 e. The molecule has 0 aliphatic heterocycles. The number of aromatic hydroxyl groups is 2. The Bertz CT molecular complexity index is 331. The third-order valence-electron chi connectivity index (χ3n) is 2.32. The predicted molar refractivity (Wildman–Crippen MR) is 62.0 cm³/mol. The second-order valence-electron chi connectivity index (χ2n) is 3.85. The van der Waals surface area contributed by atoms with Crippen molar-refractivity contribution in [1.29, 1.82) is 0 Å².